The molecule has 6 nitrogen and oxygen atoms in total. The van der Waals surface area contributed by atoms with E-state index in [-0.39, 0.29) is 23.7 Å². The van der Waals surface area contributed by atoms with E-state index in [1.54, 1.807) is 0 Å². The SMILES string of the molecule is COc1ccc(F)cc1S(=O)(=O)N1CCC[C@H](C(=O)Nc2ccc(F)c(F)c2F)C1. The molecule has 162 valence electrons. The summed E-state index contributed by atoms with van der Waals surface area (Å²) in [7, 11) is -2.94. The number of carbonyl (C=O) groups excluding carboxylic acids is 1. The minimum Gasteiger partial charge on any atom is -0.495 e. The molecule has 0 saturated carbocycles. The Morgan fingerprint density at radius 2 is 1.87 bits per heavy atom. The van der Waals surface area contributed by atoms with Gasteiger partial charge in [0.1, 0.15) is 16.5 Å². The van der Waals surface area contributed by atoms with Gasteiger partial charge in [0, 0.05) is 13.1 Å². The second-order valence-corrected chi connectivity index (χ2v) is 8.62. The molecular weight excluding hydrogens is 428 g/mol. The van der Waals surface area contributed by atoms with Crippen LogP contribution < -0.4 is 10.1 Å². The molecule has 1 heterocycles. The molecule has 1 saturated heterocycles. The summed E-state index contributed by atoms with van der Waals surface area (Å²) in [6.07, 6.45) is 0.610. The Bertz CT molecular complexity index is 1080. The zero-order valence-corrected chi connectivity index (χ0v) is 16.6. The van der Waals surface area contributed by atoms with Gasteiger partial charge in [0.05, 0.1) is 18.7 Å². The van der Waals surface area contributed by atoms with Gasteiger partial charge in [-0.05, 0) is 43.2 Å². The number of piperidine rings is 1. The smallest absolute Gasteiger partial charge is 0.246 e. The van der Waals surface area contributed by atoms with Crippen molar-refractivity contribution in [2.75, 3.05) is 25.5 Å². The highest BCUT2D eigenvalue weighted by Gasteiger charge is 2.35. The molecule has 0 unspecified atom stereocenters. The van der Waals surface area contributed by atoms with Crippen LogP contribution in [0.2, 0.25) is 0 Å². The van der Waals surface area contributed by atoms with Crippen LogP contribution >= 0.6 is 0 Å². The van der Waals surface area contributed by atoms with Crippen molar-refractivity contribution in [3.63, 3.8) is 0 Å². The Morgan fingerprint density at radius 1 is 1.13 bits per heavy atom. The maximum atomic E-state index is 13.8. The minimum atomic E-state index is -4.18. The minimum absolute atomic E-state index is 0.0492. The molecule has 1 atom stereocenters. The predicted octanol–water partition coefficient (Wildman–Crippen LogP) is 3.29. The van der Waals surface area contributed by atoms with E-state index in [0.717, 1.165) is 22.5 Å². The molecule has 1 aliphatic rings. The number of hydrogen-bond acceptors (Lipinski definition) is 4. The zero-order valence-electron chi connectivity index (χ0n) is 15.8. The van der Waals surface area contributed by atoms with E-state index in [4.69, 9.17) is 4.74 Å². The van der Waals surface area contributed by atoms with Crippen LogP contribution in [0.1, 0.15) is 12.8 Å². The third-order valence-electron chi connectivity index (χ3n) is 4.79. The Labute approximate surface area is 170 Å². The fourth-order valence-electron chi connectivity index (χ4n) is 3.22. The van der Waals surface area contributed by atoms with Crippen molar-refractivity contribution in [3.8, 4) is 5.75 Å². The topological polar surface area (TPSA) is 75.7 Å². The lowest BCUT2D eigenvalue weighted by Gasteiger charge is -2.31. The highest BCUT2D eigenvalue weighted by Crippen LogP contribution is 2.31. The van der Waals surface area contributed by atoms with Crippen molar-refractivity contribution >= 4 is 21.6 Å². The summed E-state index contributed by atoms with van der Waals surface area (Å²) in [5, 5.41) is 2.16. The summed E-state index contributed by atoms with van der Waals surface area (Å²) < 4.78 is 85.8. The molecule has 1 fully saturated rings. The average molecular weight is 446 g/mol. The lowest BCUT2D eigenvalue weighted by atomic mass is 9.98. The summed E-state index contributed by atoms with van der Waals surface area (Å²) in [5.74, 6) is -7.11. The van der Waals surface area contributed by atoms with E-state index in [0.29, 0.717) is 18.9 Å². The Morgan fingerprint density at radius 3 is 2.57 bits per heavy atom. The van der Waals surface area contributed by atoms with Crippen LogP contribution in [-0.2, 0) is 14.8 Å². The molecule has 2 aromatic rings. The Kier molecular flexibility index (Phi) is 6.32. The van der Waals surface area contributed by atoms with Gasteiger partial charge in [0.15, 0.2) is 17.5 Å². The molecule has 0 radical (unpaired) electrons. The molecule has 11 heteroatoms. The van der Waals surface area contributed by atoms with Gasteiger partial charge in [-0.1, -0.05) is 0 Å². The maximum Gasteiger partial charge on any atom is 0.246 e. The van der Waals surface area contributed by atoms with E-state index in [1.807, 2.05) is 0 Å². The first kappa shape index (κ1) is 22.0. The molecule has 1 amide bonds. The quantitative estimate of drug-likeness (QED) is 0.565. The number of methoxy groups -OCH3 is 1. The van der Waals surface area contributed by atoms with E-state index in [2.05, 4.69) is 5.32 Å². The van der Waals surface area contributed by atoms with Crippen molar-refractivity contribution in [2.24, 2.45) is 5.92 Å². The second-order valence-electron chi connectivity index (χ2n) is 6.71. The Hall–Kier alpha value is -2.66. The number of sulfonamides is 1. The average Bonchev–Trinajstić information content (AvgIpc) is 2.74. The van der Waals surface area contributed by atoms with E-state index in [9.17, 15) is 30.8 Å². The first-order valence-electron chi connectivity index (χ1n) is 8.93. The van der Waals surface area contributed by atoms with Crippen molar-refractivity contribution in [3.05, 3.63) is 53.6 Å². The predicted molar refractivity (Wildman–Crippen MR) is 99.4 cm³/mol. The summed E-state index contributed by atoms with van der Waals surface area (Å²) in [6.45, 7) is -0.162. The van der Waals surface area contributed by atoms with Crippen molar-refractivity contribution in [1.29, 1.82) is 0 Å². The number of hydrogen-bond donors (Lipinski definition) is 1. The van der Waals surface area contributed by atoms with E-state index >= 15 is 0 Å². The van der Waals surface area contributed by atoms with Gasteiger partial charge >= 0.3 is 0 Å². The van der Waals surface area contributed by atoms with Gasteiger partial charge in [-0.15, -0.1) is 0 Å². The molecule has 0 aliphatic carbocycles. The maximum absolute atomic E-state index is 13.8. The third-order valence-corrected chi connectivity index (χ3v) is 6.68. The van der Waals surface area contributed by atoms with E-state index in [1.165, 1.54) is 13.2 Å². The van der Waals surface area contributed by atoms with Crippen LogP contribution in [-0.4, -0.2) is 38.8 Å². The third kappa shape index (κ3) is 4.26. The number of ether oxygens (including phenoxy) is 1. The highest BCUT2D eigenvalue weighted by atomic mass is 32.2. The molecule has 2 aromatic carbocycles. The van der Waals surface area contributed by atoms with Gasteiger partial charge in [0.2, 0.25) is 15.9 Å². The lowest BCUT2D eigenvalue weighted by Crippen LogP contribution is -2.43. The van der Waals surface area contributed by atoms with Crippen LogP contribution in [0.3, 0.4) is 0 Å². The number of rotatable bonds is 5. The molecule has 0 aromatic heterocycles. The number of carbonyl (C=O) groups is 1. The van der Waals surface area contributed by atoms with Crippen LogP contribution in [0.4, 0.5) is 23.2 Å². The molecular formula is C19H18F4N2O4S. The highest BCUT2D eigenvalue weighted by molar-refractivity contribution is 7.89. The number of benzene rings is 2. The lowest BCUT2D eigenvalue weighted by molar-refractivity contribution is -0.120. The van der Waals surface area contributed by atoms with Gasteiger partial charge < -0.3 is 10.1 Å². The van der Waals surface area contributed by atoms with Crippen LogP contribution in [0.5, 0.6) is 5.75 Å². The van der Waals surface area contributed by atoms with Crippen LogP contribution in [0, 0.1) is 29.2 Å². The summed E-state index contributed by atoms with van der Waals surface area (Å²) >= 11 is 0. The number of nitrogens with zero attached hydrogens (tertiary/aromatic N) is 1. The summed E-state index contributed by atoms with van der Waals surface area (Å²) in [5.41, 5.74) is -0.550. The largest absolute Gasteiger partial charge is 0.495 e. The normalized spacial score (nSPS) is 17.6. The number of anilines is 1. The number of amides is 1. The van der Waals surface area contributed by atoms with Crippen LogP contribution in [0.25, 0.3) is 0 Å². The Balaban J connectivity index is 1.81. The van der Waals surface area contributed by atoms with Crippen LogP contribution in [0.15, 0.2) is 35.2 Å². The fraction of sp³-hybridized carbons (Fsp3) is 0.316. The fourth-order valence-corrected chi connectivity index (χ4v) is 4.91. The molecule has 3 rings (SSSR count). The van der Waals surface area contributed by atoms with Gasteiger partial charge in [0.25, 0.3) is 0 Å². The van der Waals surface area contributed by atoms with Crippen molar-refractivity contribution in [1.82, 2.24) is 4.31 Å². The summed E-state index contributed by atoms with van der Waals surface area (Å²) in [4.78, 5) is 12.1. The number of nitrogens with one attached hydrogen (secondary N) is 1. The second kappa shape index (κ2) is 8.60. The molecule has 0 bridgehead atoms. The zero-order chi connectivity index (χ0) is 22.1. The monoisotopic (exact) mass is 446 g/mol. The van der Waals surface area contributed by atoms with Crippen molar-refractivity contribution in [2.45, 2.75) is 17.7 Å². The molecule has 30 heavy (non-hydrogen) atoms. The standard InChI is InChI=1S/C19H18F4N2O4S/c1-29-15-7-4-12(20)9-16(15)30(27,28)25-8-2-3-11(10-25)19(26)24-14-6-5-13(21)17(22)18(14)23/h4-7,9,11H,2-3,8,10H2,1H3,(H,24,26)/t11-/m0/s1. The van der Waals surface area contributed by atoms with Gasteiger partial charge in [-0.3, -0.25) is 4.79 Å². The van der Waals surface area contributed by atoms with Gasteiger partial charge in [-0.2, -0.15) is 4.31 Å². The molecule has 1 N–H and O–H groups in total. The first-order chi connectivity index (χ1) is 14.1. The first-order valence-corrected chi connectivity index (χ1v) is 10.4. The summed E-state index contributed by atoms with van der Waals surface area (Å²) in [6, 6.07) is 4.61. The molecule has 1 aliphatic heterocycles. The van der Waals surface area contributed by atoms with E-state index < -0.39 is 50.8 Å². The molecule has 0 spiro atoms. The number of halogens is 4. The van der Waals surface area contributed by atoms with Crippen molar-refractivity contribution < 1.29 is 35.5 Å². The van der Waals surface area contributed by atoms with Gasteiger partial charge in [-0.25, -0.2) is 26.0 Å².